The van der Waals surface area contributed by atoms with Crippen molar-refractivity contribution in [1.29, 1.82) is 0 Å². The van der Waals surface area contributed by atoms with Gasteiger partial charge < -0.3 is 9.84 Å². The normalized spacial score (nSPS) is 18.6. The zero-order valence-electron chi connectivity index (χ0n) is 41.9. The molecule has 1 amide bonds. The summed E-state index contributed by atoms with van der Waals surface area (Å²) in [7, 11) is 0. The van der Waals surface area contributed by atoms with Crippen molar-refractivity contribution < 1.29 is 19.0 Å². The lowest BCUT2D eigenvalue weighted by atomic mass is 9.39. The van der Waals surface area contributed by atoms with Crippen LogP contribution in [0, 0.1) is 5.41 Å². The number of ether oxygens (including phenoxy) is 1. The number of hydrogen-bond donors (Lipinski definition) is 1. The molecule has 4 nitrogen and oxygen atoms in total. The Balaban J connectivity index is 1.48. The van der Waals surface area contributed by atoms with Crippen LogP contribution in [-0.2, 0) is 62.7 Å². The van der Waals surface area contributed by atoms with Crippen LogP contribution in [0.4, 0.5) is 9.18 Å². The van der Waals surface area contributed by atoms with E-state index in [1.54, 1.807) is 4.90 Å². The Hall–Kier alpha value is -7.86. The first-order chi connectivity index (χ1) is 36.3. The molecule has 1 heterocycles. The van der Waals surface area contributed by atoms with Crippen molar-refractivity contribution in [3.8, 4) is 0 Å². The van der Waals surface area contributed by atoms with E-state index < -0.39 is 33.9 Å². The van der Waals surface area contributed by atoms with Crippen molar-refractivity contribution in [2.75, 3.05) is 0 Å². The summed E-state index contributed by atoms with van der Waals surface area (Å²) >= 11 is 0. The fourth-order valence-corrected chi connectivity index (χ4v) is 13.1. The molecular weight excluding hydrogens is 910 g/mol. The van der Waals surface area contributed by atoms with Crippen LogP contribution in [0.1, 0.15) is 50.1 Å². The molecule has 1 aliphatic heterocycles. The van der Waals surface area contributed by atoms with Gasteiger partial charge in [-0.1, -0.05) is 273 Å². The van der Waals surface area contributed by atoms with Crippen LogP contribution < -0.4 is 0 Å². The summed E-state index contributed by atoms with van der Waals surface area (Å²) in [5.41, 5.74) is -1.17. The van der Waals surface area contributed by atoms with Gasteiger partial charge in [-0.25, -0.2) is 9.18 Å². The number of nitrogens with zero attached hydrogens (tertiary/aromatic N) is 1. The predicted octanol–water partition coefficient (Wildman–Crippen LogP) is 15.0. The van der Waals surface area contributed by atoms with E-state index >= 15 is 9.18 Å². The predicted molar refractivity (Wildman–Crippen MR) is 297 cm³/mol. The molecule has 9 aromatic rings. The van der Waals surface area contributed by atoms with Gasteiger partial charge in [0.05, 0.1) is 17.7 Å². The van der Waals surface area contributed by atoms with Gasteiger partial charge in [0.15, 0.2) is 5.67 Å². The van der Waals surface area contributed by atoms with Gasteiger partial charge >= 0.3 is 6.09 Å². The van der Waals surface area contributed by atoms with Gasteiger partial charge in [-0.2, -0.15) is 0 Å². The largest absolute Gasteiger partial charge is 0.465 e. The van der Waals surface area contributed by atoms with Gasteiger partial charge in [0, 0.05) is 18.3 Å². The fourth-order valence-electron chi connectivity index (χ4n) is 13.1. The average Bonchev–Trinajstić information content (AvgIpc) is 3.48. The van der Waals surface area contributed by atoms with Gasteiger partial charge in [0.1, 0.15) is 5.60 Å². The average molecular weight is 974 g/mol. The van der Waals surface area contributed by atoms with Crippen LogP contribution >= 0.6 is 0 Å². The summed E-state index contributed by atoms with van der Waals surface area (Å²) in [5, 5.41) is 13.2. The number of amides is 1. The molecule has 1 aliphatic rings. The number of carbonyl (C=O) groups is 1. The molecule has 9 aromatic carbocycles. The Labute approximate surface area is 436 Å². The summed E-state index contributed by atoms with van der Waals surface area (Å²) in [6, 6.07) is 91.6. The topological polar surface area (TPSA) is 49.8 Å². The first kappa shape index (κ1) is 49.7. The molecule has 10 rings (SSSR count). The maximum Gasteiger partial charge on any atom is 0.408 e. The highest BCUT2D eigenvalue weighted by Gasteiger charge is 2.84. The molecule has 370 valence electrons. The standard InChI is InChI=1S/C69H64FNO3/c70-68(52-61-40-22-7-23-41-61)67(50-59-36-18-5-19-37-59,51-60-38-20-6-21-39-60)71(64(72)73)66(48-57-32-14-3-15-33-57,49-58-34-16-4-17-35-58)65(46-55-28-10-1-11-29-55,47-56-30-12-2-13-31-56)69(68,53-62-42-24-8-25-43-62)74-54-63-44-26-9-27-45-63/h1-45H,46-54H2,(H,72,73)/t68-,69+/m0/s1. The van der Waals surface area contributed by atoms with E-state index in [9.17, 15) is 5.11 Å². The summed E-state index contributed by atoms with van der Waals surface area (Å²) < 4.78 is 31.5. The minimum absolute atomic E-state index is 0.0433. The van der Waals surface area contributed by atoms with Crippen LogP contribution in [0.25, 0.3) is 0 Å². The van der Waals surface area contributed by atoms with Crippen molar-refractivity contribution in [3.05, 3.63) is 323 Å². The molecule has 0 unspecified atom stereocenters. The maximum atomic E-state index is 23.2. The first-order valence-corrected chi connectivity index (χ1v) is 26.0. The molecule has 74 heavy (non-hydrogen) atoms. The zero-order chi connectivity index (χ0) is 50.7. The number of alkyl halides is 1. The van der Waals surface area contributed by atoms with E-state index in [2.05, 4.69) is 72.8 Å². The SMILES string of the molecule is O=C(O)N1C(Cc2ccccc2)(Cc2ccccc2)C(Cc2ccccc2)(Cc2ccccc2)[C@@](Cc2ccccc2)(OCc2ccccc2)[C@](F)(Cc2ccccc2)C1(Cc1ccccc1)Cc1ccccc1. The van der Waals surface area contributed by atoms with Crippen molar-refractivity contribution in [3.63, 3.8) is 0 Å². The summed E-state index contributed by atoms with van der Waals surface area (Å²) in [5.74, 6) is 0. The van der Waals surface area contributed by atoms with Gasteiger partial charge in [0.25, 0.3) is 0 Å². The highest BCUT2D eigenvalue weighted by molar-refractivity contribution is 5.71. The highest BCUT2D eigenvalue weighted by atomic mass is 19.1. The molecule has 0 saturated carbocycles. The minimum Gasteiger partial charge on any atom is -0.465 e. The molecule has 0 aliphatic carbocycles. The molecule has 0 aromatic heterocycles. The maximum absolute atomic E-state index is 23.2. The number of carboxylic acid groups (broad SMARTS) is 1. The van der Waals surface area contributed by atoms with Crippen molar-refractivity contribution in [1.82, 2.24) is 4.90 Å². The third-order valence-electron chi connectivity index (χ3n) is 16.1. The number of rotatable bonds is 19. The Bertz CT molecular complexity index is 3020. The van der Waals surface area contributed by atoms with Gasteiger partial charge in [-0.15, -0.1) is 0 Å². The minimum atomic E-state index is -2.53. The molecule has 1 saturated heterocycles. The second-order valence-corrected chi connectivity index (χ2v) is 20.5. The van der Waals surface area contributed by atoms with E-state index in [1.807, 2.05) is 200 Å². The first-order valence-electron chi connectivity index (χ1n) is 26.0. The fraction of sp³-hybridized carbons (Fsp3) is 0.203. The number of benzene rings is 9. The number of halogens is 1. The molecule has 5 heteroatoms. The van der Waals surface area contributed by atoms with Crippen LogP contribution in [0.5, 0.6) is 0 Å². The monoisotopic (exact) mass is 973 g/mol. The Morgan fingerprint density at radius 3 is 0.878 bits per heavy atom. The molecule has 0 spiro atoms. The van der Waals surface area contributed by atoms with E-state index in [-0.39, 0.29) is 58.0 Å². The second-order valence-electron chi connectivity index (χ2n) is 20.5. The molecule has 2 atom stereocenters. The Kier molecular flexibility index (Phi) is 14.8. The lowest BCUT2D eigenvalue weighted by Crippen LogP contribution is -2.92. The van der Waals surface area contributed by atoms with Gasteiger partial charge in [-0.3, -0.25) is 4.90 Å². The highest BCUT2D eigenvalue weighted by Crippen LogP contribution is 2.69. The quantitative estimate of drug-likeness (QED) is 0.0878. The van der Waals surface area contributed by atoms with Crippen LogP contribution in [0.15, 0.2) is 273 Å². The molecular formula is C69H64FNO3. The van der Waals surface area contributed by atoms with Gasteiger partial charge in [-0.05, 0) is 88.6 Å². The van der Waals surface area contributed by atoms with E-state index in [4.69, 9.17) is 4.74 Å². The molecule has 1 fully saturated rings. The van der Waals surface area contributed by atoms with Crippen LogP contribution in [0.3, 0.4) is 0 Å². The molecule has 0 bridgehead atoms. The third kappa shape index (κ3) is 9.73. The third-order valence-corrected chi connectivity index (χ3v) is 16.1. The van der Waals surface area contributed by atoms with Crippen LogP contribution in [-0.4, -0.2) is 38.4 Å². The Morgan fingerprint density at radius 1 is 0.338 bits per heavy atom. The van der Waals surface area contributed by atoms with Crippen molar-refractivity contribution in [2.45, 2.75) is 80.3 Å². The zero-order valence-corrected chi connectivity index (χ0v) is 41.9. The van der Waals surface area contributed by atoms with E-state index in [1.165, 1.54) is 0 Å². The van der Waals surface area contributed by atoms with Gasteiger partial charge in [0.2, 0.25) is 0 Å². The Morgan fingerprint density at radius 2 is 0.581 bits per heavy atom. The van der Waals surface area contributed by atoms with Crippen molar-refractivity contribution in [2.24, 2.45) is 5.41 Å². The lowest BCUT2D eigenvalue weighted by molar-refractivity contribution is -0.336. The van der Waals surface area contributed by atoms with Crippen LogP contribution in [0.2, 0.25) is 0 Å². The molecule has 0 radical (unpaired) electrons. The van der Waals surface area contributed by atoms with Crippen molar-refractivity contribution >= 4 is 6.09 Å². The number of likely N-dealkylation sites (tertiary alicyclic amines) is 1. The number of piperidine rings is 1. The number of hydrogen-bond acceptors (Lipinski definition) is 2. The summed E-state index contributed by atoms with van der Waals surface area (Å²) in [4.78, 5) is 17.9. The summed E-state index contributed by atoms with van der Waals surface area (Å²) in [6.07, 6.45) is -0.115. The summed E-state index contributed by atoms with van der Waals surface area (Å²) in [6.45, 7) is 0.0615. The smallest absolute Gasteiger partial charge is 0.408 e. The lowest BCUT2D eigenvalue weighted by Gasteiger charge is -2.76. The molecule has 1 N–H and O–H groups in total. The van der Waals surface area contributed by atoms with E-state index in [0.29, 0.717) is 0 Å². The van der Waals surface area contributed by atoms with E-state index in [0.717, 1.165) is 50.1 Å². The second kappa shape index (κ2) is 22.1.